The summed E-state index contributed by atoms with van der Waals surface area (Å²) in [5, 5.41) is 3.33. The minimum atomic E-state index is 0.648. The summed E-state index contributed by atoms with van der Waals surface area (Å²) in [6, 6.07) is 0.886. The van der Waals surface area contributed by atoms with E-state index in [-0.39, 0.29) is 0 Å². The van der Waals surface area contributed by atoms with Gasteiger partial charge in [-0.05, 0) is 12.8 Å². The molecular weight excluding hydrogens is 150 g/mol. The largest absolute Gasteiger partial charge is 0.373 e. The van der Waals surface area contributed by atoms with Crippen molar-refractivity contribution in [1.82, 2.24) is 5.32 Å². The number of ether oxygens (including phenoxy) is 1. The molecule has 12 heavy (non-hydrogen) atoms. The Balaban J connectivity index is 1.31. The molecule has 0 amide bonds. The molecule has 0 aliphatic carbocycles. The van der Waals surface area contributed by atoms with E-state index < -0.39 is 0 Å². The van der Waals surface area contributed by atoms with E-state index in [1.807, 2.05) is 0 Å². The van der Waals surface area contributed by atoms with Crippen LogP contribution in [0.4, 0.5) is 0 Å². The van der Waals surface area contributed by atoms with Gasteiger partial charge in [0.15, 0.2) is 0 Å². The van der Waals surface area contributed by atoms with Gasteiger partial charge in [0, 0.05) is 12.6 Å². The lowest BCUT2D eigenvalue weighted by Gasteiger charge is -1.98. The molecule has 0 saturated carbocycles. The van der Waals surface area contributed by atoms with E-state index in [0.717, 1.165) is 12.6 Å². The zero-order chi connectivity index (χ0) is 8.23. The number of hydrogen-bond acceptors (Lipinski definition) is 2. The molecule has 2 aliphatic rings. The lowest BCUT2D eigenvalue weighted by atomic mass is 10.1. The Bertz CT molecular complexity index is 114. The van der Waals surface area contributed by atoms with Gasteiger partial charge in [-0.2, -0.15) is 0 Å². The molecule has 0 unspecified atom stereocenters. The summed E-state index contributed by atoms with van der Waals surface area (Å²) in [7, 11) is 0. The van der Waals surface area contributed by atoms with Crippen molar-refractivity contribution in [2.45, 2.75) is 50.7 Å². The predicted octanol–water partition coefficient (Wildman–Crippen LogP) is 1.70. The average molecular weight is 169 g/mol. The van der Waals surface area contributed by atoms with Crippen molar-refractivity contribution < 1.29 is 4.74 Å². The number of unbranched alkanes of at least 4 members (excludes halogenated alkanes) is 3. The first-order chi connectivity index (χ1) is 5.95. The van der Waals surface area contributed by atoms with Gasteiger partial charge in [-0.25, -0.2) is 0 Å². The quantitative estimate of drug-likeness (QED) is 0.465. The molecule has 2 fully saturated rings. The van der Waals surface area contributed by atoms with Crippen LogP contribution in [-0.2, 0) is 4.74 Å². The highest BCUT2D eigenvalue weighted by atomic mass is 16.6. The van der Waals surface area contributed by atoms with Crippen LogP contribution in [0.3, 0.4) is 0 Å². The van der Waals surface area contributed by atoms with Crippen LogP contribution in [-0.4, -0.2) is 25.3 Å². The van der Waals surface area contributed by atoms with Crippen LogP contribution in [0.5, 0.6) is 0 Å². The van der Waals surface area contributed by atoms with Gasteiger partial charge in [-0.1, -0.05) is 25.7 Å². The summed E-state index contributed by atoms with van der Waals surface area (Å²) >= 11 is 0. The van der Waals surface area contributed by atoms with Gasteiger partial charge in [-0.3, -0.25) is 0 Å². The zero-order valence-electron chi connectivity index (χ0n) is 7.72. The first-order valence-corrected chi connectivity index (χ1v) is 5.30. The summed E-state index contributed by atoms with van der Waals surface area (Å²) in [6.45, 7) is 2.31. The van der Waals surface area contributed by atoms with E-state index in [0.29, 0.717) is 6.10 Å². The molecule has 70 valence electrons. The molecule has 0 bridgehead atoms. The molecule has 1 N–H and O–H groups in total. The molecule has 0 aromatic heterocycles. The van der Waals surface area contributed by atoms with Crippen LogP contribution in [0.25, 0.3) is 0 Å². The number of rotatable bonds is 7. The second-order valence-corrected chi connectivity index (χ2v) is 4.05. The monoisotopic (exact) mass is 169 g/mol. The predicted molar refractivity (Wildman–Crippen MR) is 49.2 cm³/mol. The summed E-state index contributed by atoms with van der Waals surface area (Å²) < 4.78 is 5.15. The average Bonchev–Trinajstić information content (AvgIpc) is 2.89. The maximum atomic E-state index is 5.15. The molecule has 2 rings (SSSR count). The fourth-order valence-electron chi connectivity index (χ4n) is 1.64. The van der Waals surface area contributed by atoms with Crippen molar-refractivity contribution >= 4 is 0 Å². The molecule has 0 aromatic rings. The van der Waals surface area contributed by atoms with Crippen LogP contribution in [0.1, 0.15) is 38.5 Å². The Kier molecular flexibility index (Phi) is 3.01. The van der Waals surface area contributed by atoms with E-state index >= 15 is 0 Å². The molecule has 2 aliphatic heterocycles. The topological polar surface area (TPSA) is 34.5 Å². The molecular formula is C10H19NO. The lowest BCUT2D eigenvalue weighted by molar-refractivity contribution is 0.387. The van der Waals surface area contributed by atoms with Crippen LogP contribution in [0, 0.1) is 0 Å². The summed E-state index contributed by atoms with van der Waals surface area (Å²) in [4.78, 5) is 0. The van der Waals surface area contributed by atoms with Gasteiger partial charge < -0.3 is 10.1 Å². The highest BCUT2D eigenvalue weighted by Gasteiger charge is 2.21. The van der Waals surface area contributed by atoms with Crippen molar-refractivity contribution in [3.63, 3.8) is 0 Å². The standard InChI is InChI=1S/C10H19NO/c1(3-5-9-7-11-9)2-4-6-10-8-12-10/h9-11H,1-8H2/t9-,10+/m1/s1. The highest BCUT2D eigenvalue weighted by Crippen LogP contribution is 2.18. The SMILES string of the molecule is C(CCC[C@H]1CO1)CC[C@@H]1CN1. The van der Waals surface area contributed by atoms with Crippen LogP contribution < -0.4 is 5.32 Å². The third kappa shape index (κ3) is 3.55. The van der Waals surface area contributed by atoms with Crippen molar-refractivity contribution in [2.75, 3.05) is 13.2 Å². The maximum absolute atomic E-state index is 5.15. The molecule has 0 radical (unpaired) electrons. The van der Waals surface area contributed by atoms with Crippen LogP contribution in [0.15, 0.2) is 0 Å². The second-order valence-electron chi connectivity index (χ2n) is 4.05. The minimum absolute atomic E-state index is 0.648. The third-order valence-electron chi connectivity index (χ3n) is 2.72. The van der Waals surface area contributed by atoms with Crippen molar-refractivity contribution in [3.8, 4) is 0 Å². The van der Waals surface area contributed by atoms with Gasteiger partial charge in [0.05, 0.1) is 12.7 Å². The van der Waals surface area contributed by atoms with Crippen LogP contribution in [0.2, 0.25) is 0 Å². The maximum Gasteiger partial charge on any atom is 0.0810 e. The molecule has 0 aromatic carbocycles. The first kappa shape index (κ1) is 8.52. The molecule has 0 spiro atoms. The molecule has 2 atom stereocenters. The Hall–Kier alpha value is -0.0800. The van der Waals surface area contributed by atoms with Gasteiger partial charge in [0.1, 0.15) is 0 Å². The highest BCUT2D eigenvalue weighted by molar-refractivity contribution is 4.82. The number of nitrogens with one attached hydrogen (secondary N) is 1. The van der Waals surface area contributed by atoms with Crippen molar-refractivity contribution in [2.24, 2.45) is 0 Å². The van der Waals surface area contributed by atoms with E-state index in [2.05, 4.69) is 5.32 Å². The van der Waals surface area contributed by atoms with E-state index in [1.165, 1.54) is 45.1 Å². The van der Waals surface area contributed by atoms with Crippen molar-refractivity contribution in [1.29, 1.82) is 0 Å². The molecule has 2 saturated heterocycles. The summed E-state index contributed by atoms with van der Waals surface area (Å²) in [5.74, 6) is 0. The van der Waals surface area contributed by atoms with Gasteiger partial charge in [0.25, 0.3) is 0 Å². The van der Waals surface area contributed by atoms with E-state index in [4.69, 9.17) is 4.74 Å². The molecule has 2 heterocycles. The van der Waals surface area contributed by atoms with E-state index in [9.17, 15) is 0 Å². The van der Waals surface area contributed by atoms with Gasteiger partial charge >= 0.3 is 0 Å². The Morgan fingerprint density at radius 3 is 2.33 bits per heavy atom. The number of epoxide rings is 1. The fourth-order valence-corrected chi connectivity index (χ4v) is 1.64. The fraction of sp³-hybridized carbons (Fsp3) is 1.00. The van der Waals surface area contributed by atoms with Gasteiger partial charge in [-0.15, -0.1) is 0 Å². The second kappa shape index (κ2) is 4.24. The Labute approximate surface area is 74.7 Å². The summed E-state index contributed by atoms with van der Waals surface area (Å²) in [5.41, 5.74) is 0. The number of hydrogen-bond donors (Lipinski definition) is 1. The minimum Gasteiger partial charge on any atom is -0.373 e. The van der Waals surface area contributed by atoms with Gasteiger partial charge in [0.2, 0.25) is 0 Å². The first-order valence-electron chi connectivity index (χ1n) is 5.30. The normalized spacial score (nSPS) is 32.0. The third-order valence-corrected chi connectivity index (χ3v) is 2.72. The lowest BCUT2D eigenvalue weighted by Crippen LogP contribution is -1.90. The van der Waals surface area contributed by atoms with E-state index in [1.54, 1.807) is 0 Å². The Morgan fingerprint density at radius 1 is 1.08 bits per heavy atom. The smallest absolute Gasteiger partial charge is 0.0810 e. The van der Waals surface area contributed by atoms with Crippen LogP contribution >= 0.6 is 0 Å². The van der Waals surface area contributed by atoms with Crippen molar-refractivity contribution in [3.05, 3.63) is 0 Å². The molecule has 2 heteroatoms. The Morgan fingerprint density at radius 2 is 1.75 bits per heavy atom. The summed E-state index contributed by atoms with van der Waals surface area (Å²) in [6.07, 6.45) is 8.99. The molecule has 2 nitrogen and oxygen atoms in total. The zero-order valence-corrected chi connectivity index (χ0v) is 7.72.